The van der Waals surface area contributed by atoms with Gasteiger partial charge in [0.05, 0.1) is 40.8 Å². The molecule has 1 spiro atoms. The van der Waals surface area contributed by atoms with Crippen LogP contribution in [0.4, 0.5) is 5.69 Å². The van der Waals surface area contributed by atoms with Crippen LogP contribution in [0.5, 0.6) is 0 Å². The van der Waals surface area contributed by atoms with Crippen molar-refractivity contribution in [1.82, 2.24) is 10.2 Å². The Morgan fingerprint density at radius 2 is 1.71 bits per heavy atom. The summed E-state index contributed by atoms with van der Waals surface area (Å²) in [6.45, 7) is 3.60. The molecule has 3 aromatic carbocycles. The molecule has 2 bridgehead atoms. The van der Waals surface area contributed by atoms with Crippen LogP contribution in [-0.2, 0) is 25.7 Å². The molecule has 0 aliphatic carbocycles. The van der Waals surface area contributed by atoms with Gasteiger partial charge in [-0.2, -0.15) is 0 Å². The molecule has 2 unspecified atom stereocenters. The third kappa shape index (κ3) is 4.49. The molecule has 3 heterocycles. The van der Waals surface area contributed by atoms with E-state index in [1.807, 2.05) is 80.6 Å². The van der Waals surface area contributed by atoms with Gasteiger partial charge < -0.3 is 25.4 Å². The molecule has 8 nitrogen and oxygen atoms in total. The van der Waals surface area contributed by atoms with Crippen LogP contribution in [0.1, 0.15) is 42.5 Å². The number of rotatable bonds is 8. The highest BCUT2D eigenvalue weighted by molar-refractivity contribution is 6.34. The summed E-state index contributed by atoms with van der Waals surface area (Å²) in [6, 6.07) is 22.1. The topological polar surface area (TPSA) is 108 Å². The second-order valence-electron chi connectivity index (χ2n) is 11.7. The number of aliphatic hydroxyl groups is 1. The maximum Gasteiger partial charge on any atom is 0.250 e. The van der Waals surface area contributed by atoms with Gasteiger partial charge in [0.2, 0.25) is 17.7 Å². The first-order valence-corrected chi connectivity index (χ1v) is 14.6. The first kappa shape index (κ1) is 28.4. The monoisotopic (exact) mass is 587 g/mol. The van der Waals surface area contributed by atoms with E-state index in [1.54, 1.807) is 12.1 Å². The van der Waals surface area contributed by atoms with Gasteiger partial charge in [-0.25, -0.2) is 0 Å². The molecule has 3 aliphatic heterocycles. The third-order valence-corrected chi connectivity index (χ3v) is 9.53. The van der Waals surface area contributed by atoms with Crippen molar-refractivity contribution in [2.75, 3.05) is 11.9 Å². The van der Waals surface area contributed by atoms with E-state index in [0.29, 0.717) is 35.7 Å². The summed E-state index contributed by atoms with van der Waals surface area (Å²) in [5.74, 6) is -2.83. The molecule has 6 rings (SSSR count). The van der Waals surface area contributed by atoms with Crippen molar-refractivity contribution in [3.8, 4) is 0 Å². The Kier molecular flexibility index (Phi) is 7.33. The maximum atomic E-state index is 14.5. The Bertz CT molecular complexity index is 1500. The highest BCUT2D eigenvalue weighted by Crippen LogP contribution is 2.64. The van der Waals surface area contributed by atoms with Gasteiger partial charge >= 0.3 is 0 Å². The third-order valence-electron chi connectivity index (χ3n) is 9.22. The molecular formula is C33H34ClN3O5. The van der Waals surface area contributed by atoms with Crippen LogP contribution >= 0.6 is 11.6 Å². The van der Waals surface area contributed by atoms with E-state index in [1.165, 1.54) is 4.90 Å². The summed E-state index contributed by atoms with van der Waals surface area (Å²) < 4.78 is 6.72. The number of amides is 3. The van der Waals surface area contributed by atoms with Crippen LogP contribution in [0.25, 0.3) is 0 Å². The molecule has 0 saturated carbocycles. The van der Waals surface area contributed by atoms with Crippen LogP contribution in [0.3, 0.4) is 0 Å². The summed E-state index contributed by atoms with van der Waals surface area (Å²) in [5, 5.41) is 17.0. The Labute approximate surface area is 250 Å². The van der Waals surface area contributed by atoms with Crippen LogP contribution in [0, 0.1) is 18.8 Å². The number of nitrogens with zero attached hydrogens (tertiary/aromatic N) is 1. The lowest BCUT2D eigenvalue weighted by molar-refractivity contribution is -0.148. The van der Waals surface area contributed by atoms with Gasteiger partial charge in [0.15, 0.2) is 0 Å². The Balaban J connectivity index is 1.40. The van der Waals surface area contributed by atoms with E-state index < -0.39 is 47.6 Å². The van der Waals surface area contributed by atoms with Crippen LogP contribution in [0.2, 0.25) is 5.02 Å². The fourth-order valence-electron chi connectivity index (χ4n) is 7.31. The number of hydrogen-bond donors (Lipinski definition) is 3. The summed E-state index contributed by atoms with van der Waals surface area (Å²) in [6.07, 6.45) is 0.934. The number of carbonyl (C=O) groups is 3. The van der Waals surface area contributed by atoms with Crippen molar-refractivity contribution in [2.45, 2.75) is 56.5 Å². The lowest BCUT2D eigenvalue weighted by atomic mass is 9.66. The molecule has 3 amide bonds. The molecule has 9 heteroatoms. The molecule has 218 valence electrons. The van der Waals surface area contributed by atoms with Crippen molar-refractivity contribution < 1.29 is 24.2 Å². The number of para-hydroxylation sites is 1. The van der Waals surface area contributed by atoms with Gasteiger partial charge in [0.1, 0.15) is 11.6 Å². The van der Waals surface area contributed by atoms with Gasteiger partial charge in [-0.3, -0.25) is 14.4 Å². The van der Waals surface area contributed by atoms with Crippen molar-refractivity contribution in [1.29, 1.82) is 0 Å². The first-order valence-electron chi connectivity index (χ1n) is 14.3. The predicted octanol–water partition coefficient (Wildman–Crippen LogP) is 4.40. The zero-order chi connectivity index (χ0) is 29.6. The summed E-state index contributed by atoms with van der Waals surface area (Å²) in [5.41, 5.74) is 0.667. The number of hydrogen-bond acceptors (Lipinski definition) is 5. The molecule has 0 radical (unpaired) electrons. The first-order chi connectivity index (χ1) is 20.2. The predicted molar refractivity (Wildman–Crippen MR) is 158 cm³/mol. The number of benzene rings is 3. The molecule has 3 aromatic rings. The van der Waals surface area contributed by atoms with E-state index in [4.69, 9.17) is 16.3 Å². The minimum atomic E-state index is -1.25. The number of ether oxygens (including phenoxy) is 1. The van der Waals surface area contributed by atoms with Gasteiger partial charge in [-0.05, 0) is 49.4 Å². The number of nitrogens with one attached hydrogen (secondary N) is 2. The molecule has 6 atom stereocenters. The quantitative estimate of drug-likeness (QED) is 0.362. The van der Waals surface area contributed by atoms with Crippen LogP contribution in [0.15, 0.2) is 78.9 Å². The second-order valence-corrected chi connectivity index (χ2v) is 12.1. The molecule has 3 saturated heterocycles. The van der Waals surface area contributed by atoms with Crippen molar-refractivity contribution in [3.05, 3.63) is 101 Å². The Hall–Kier alpha value is -3.72. The fourth-order valence-corrected chi connectivity index (χ4v) is 7.58. The van der Waals surface area contributed by atoms with Gasteiger partial charge in [-0.15, -0.1) is 0 Å². The molecule has 3 N–H and O–H groups in total. The Morgan fingerprint density at radius 1 is 1.02 bits per heavy atom. The largest absolute Gasteiger partial charge is 0.394 e. The average Bonchev–Trinajstić information content (AvgIpc) is 3.56. The SMILES string of the molecule is Cc1cccc(Cl)c1NC(=O)C1N([C@H](CO)c2ccccc2)C(=O)[C@@H]2[C@H](C(=O)NCc3ccccc3)[C@]3(C)CCC12O3. The summed E-state index contributed by atoms with van der Waals surface area (Å²) in [7, 11) is 0. The average molecular weight is 588 g/mol. The van der Waals surface area contributed by atoms with Crippen molar-refractivity contribution >= 4 is 35.0 Å². The van der Waals surface area contributed by atoms with Gasteiger partial charge in [0.25, 0.3) is 0 Å². The zero-order valence-electron chi connectivity index (χ0n) is 23.5. The number of carbonyl (C=O) groups excluding carboxylic acids is 3. The Morgan fingerprint density at radius 3 is 2.38 bits per heavy atom. The molecule has 3 aliphatic rings. The number of anilines is 1. The second kappa shape index (κ2) is 10.8. The number of aryl methyl sites for hydroxylation is 1. The summed E-state index contributed by atoms with van der Waals surface area (Å²) >= 11 is 6.47. The molecule has 42 heavy (non-hydrogen) atoms. The highest BCUT2D eigenvalue weighted by Gasteiger charge is 2.78. The van der Waals surface area contributed by atoms with Gasteiger partial charge in [0, 0.05) is 6.54 Å². The van der Waals surface area contributed by atoms with E-state index in [0.717, 1.165) is 11.1 Å². The van der Waals surface area contributed by atoms with E-state index in [-0.39, 0.29) is 11.8 Å². The summed E-state index contributed by atoms with van der Waals surface area (Å²) in [4.78, 5) is 44.1. The van der Waals surface area contributed by atoms with Crippen molar-refractivity contribution in [2.24, 2.45) is 11.8 Å². The minimum Gasteiger partial charge on any atom is -0.394 e. The zero-order valence-corrected chi connectivity index (χ0v) is 24.3. The number of likely N-dealkylation sites (tertiary alicyclic amines) is 1. The maximum absolute atomic E-state index is 14.5. The number of fused-ring (bicyclic) bond motifs is 1. The smallest absolute Gasteiger partial charge is 0.250 e. The molecular weight excluding hydrogens is 554 g/mol. The van der Waals surface area contributed by atoms with E-state index in [9.17, 15) is 19.5 Å². The lowest BCUT2D eigenvalue weighted by Gasteiger charge is -2.37. The van der Waals surface area contributed by atoms with Gasteiger partial charge in [-0.1, -0.05) is 84.4 Å². The van der Waals surface area contributed by atoms with Crippen molar-refractivity contribution in [3.63, 3.8) is 0 Å². The molecule has 3 fully saturated rings. The van der Waals surface area contributed by atoms with E-state index >= 15 is 0 Å². The lowest BCUT2D eigenvalue weighted by Crippen LogP contribution is -2.54. The molecule has 0 aromatic heterocycles. The number of aliphatic hydroxyl groups excluding tert-OH is 1. The standard InChI is InChI=1S/C33H34ClN3O5/c1-20-10-9-15-23(34)27(20)36-30(40)28-33-17-16-32(2,42-33)25(29(39)35-18-21-11-5-3-6-12-21)26(33)31(41)37(28)24(19-38)22-13-7-4-8-14-22/h3-15,24-26,28,38H,16-19H2,1-2H3,(H,35,39)(H,36,40)/t24-,25-,26+,28?,32+,33?/m1/s1. The van der Waals surface area contributed by atoms with Crippen LogP contribution in [-0.4, -0.2) is 51.6 Å². The fraction of sp³-hybridized carbons (Fsp3) is 0.364. The number of halogens is 1. The van der Waals surface area contributed by atoms with E-state index in [2.05, 4.69) is 10.6 Å². The minimum absolute atomic E-state index is 0.288. The highest BCUT2D eigenvalue weighted by atomic mass is 35.5. The normalized spacial score (nSPS) is 28.4. The van der Waals surface area contributed by atoms with Crippen LogP contribution < -0.4 is 10.6 Å².